The smallest absolute Gasteiger partial charge is 0.349 e. The summed E-state index contributed by atoms with van der Waals surface area (Å²) in [5.41, 5.74) is 0.772. The summed E-state index contributed by atoms with van der Waals surface area (Å²) in [5, 5.41) is 3.51. The van der Waals surface area contributed by atoms with Crippen LogP contribution in [-0.4, -0.2) is 18.5 Å². The molecule has 3 rings (SSSR count). The Labute approximate surface area is 185 Å². The van der Waals surface area contributed by atoms with E-state index in [4.69, 9.17) is 32.7 Å². The highest BCUT2D eigenvalue weighted by molar-refractivity contribution is 9.10. The van der Waals surface area contributed by atoms with Crippen molar-refractivity contribution in [3.8, 4) is 11.5 Å². The number of ether oxygens (including phenoxy) is 2. The molecule has 0 aromatic heterocycles. The standard InChI is InChI=1S/C21H14BrCl2NO4/c22-16-3-1-2-4-19(16)28-12-20(26)29-15-8-5-13(6-9-15)21(27)25-18-11-14(23)7-10-17(18)24/h1-11H,12H2,(H,25,27). The van der Waals surface area contributed by atoms with E-state index in [1.807, 2.05) is 6.07 Å². The molecule has 0 heterocycles. The van der Waals surface area contributed by atoms with Crippen LogP contribution in [0.3, 0.4) is 0 Å². The Morgan fingerprint density at radius 3 is 2.41 bits per heavy atom. The van der Waals surface area contributed by atoms with Crippen LogP contribution in [0.4, 0.5) is 5.69 Å². The maximum Gasteiger partial charge on any atom is 0.349 e. The first-order valence-electron chi connectivity index (χ1n) is 8.37. The minimum Gasteiger partial charge on any atom is -0.481 e. The van der Waals surface area contributed by atoms with Crippen molar-refractivity contribution in [1.29, 1.82) is 0 Å². The van der Waals surface area contributed by atoms with Gasteiger partial charge in [0.05, 0.1) is 15.2 Å². The second kappa shape index (κ2) is 9.78. The lowest BCUT2D eigenvalue weighted by Gasteiger charge is -2.09. The van der Waals surface area contributed by atoms with Gasteiger partial charge in [0.15, 0.2) is 6.61 Å². The highest BCUT2D eigenvalue weighted by Crippen LogP contribution is 2.26. The summed E-state index contributed by atoms with van der Waals surface area (Å²) in [6.07, 6.45) is 0. The van der Waals surface area contributed by atoms with E-state index in [9.17, 15) is 9.59 Å². The molecule has 148 valence electrons. The van der Waals surface area contributed by atoms with Crippen LogP contribution >= 0.6 is 39.1 Å². The lowest BCUT2D eigenvalue weighted by molar-refractivity contribution is -0.136. The second-order valence-electron chi connectivity index (χ2n) is 5.80. The third-order valence-corrected chi connectivity index (χ3v) is 4.93. The minimum atomic E-state index is -0.566. The SMILES string of the molecule is O=C(COc1ccccc1Br)Oc1ccc(C(=O)Nc2cc(Cl)ccc2Cl)cc1. The zero-order chi connectivity index (χ0) is 20.8. The maximum atomic E-state index is 12.4. The van der Waals surface area contributed by atoms with Gasteiger partial charge in [-0.15, -0.1) is 0 Å². The van der Waals surface area contributed by atoms with Gasteiger partial charge in [0, 0.05) is 10.6 Å². The molecule has 8 heteroatoms. The largest absolute Gasteiger partial charge is 0.481 e. The van der Waals surface area contributed by atoms with Crippen molar-refractivity contribution in [2.45, 2.75) is 0 Å². The number of rotatable bonds is 6. The van der Waals surface area contributed by atoms with E-state index in [0.717, 1.165) is 4.47 Å². The van der Waals surface area contributed by atoms with Crippen LogP contribution in [0.25, 0.3) is 0 Å². The normalized spacial score (nSPS) is 10.3. The summed E-state index contributed by atoms with van der Waals surface area (Å²) >= 11 is 15.3. The molecule has 0 atom stereocenters. The quantitative estimate of drug-likeness (QED) is 0.337. The van der Waals surface area contributed by atoms with Crippen molar-refractivity contribution in [3.63, 3.8) is 0 Å². The molecule has 0 saturated heterocycles. The van der Waals surface area contributed by atoms with Gasteiger partial charge < -0.3 is 14.8 Å². The molecule has 1 N–H and O–H groups in total. The van der Waals surface area contributed by atoms with Gasteiger partial charge in [0.2, 0.25) is 0 Å². The van der Waals surface area contributed by atoms with Crippen molar-refractivity contribution in [2.24, 2.45) is 0 Å². The number of benzene rings is 3. The zero-order valence-electron chi connectivity index (χ0n) is 14.8. The maximum absolute atomic E-state index is 12.4. The van der Waals surface area contributed by atoms with E-state index >= 15 is 0 Å². The van der Waals surface area contributed by atoms with Crippen LogP contribution < -0.4 is 14.8 Å². The molecule has 1 amide bonds. The van der Waals surface area contributed by atoms with Gasteiger partial charge in [-0.2, -0.15) is 0 Å². The zero-order valence-corrected chi connectivity index (χ0v) is 17.9. The summed E-state index contributed by atoms with van der Waals surface area (Å²) in [6.45, 7) is -0.252. The number of anilines is 1. The van der Waals surface area contributed by atoms with Crippen molar-refractivity contribution in [3.05, 3.63) is 86.8 Å². The molecule has 0 bridgehead atoms. The van der Waals surface area contributed by atoms with Gasteiger partial charge in [-0.05, 0) is 70.5 Å². The number of carbonyl (C=O) groups excluding carboxylic acids is 2. The third-order valence-electron chi connectivity index (χ3n) is 3.71. The molecule has 0 saturated carbocycles. The number of para-hydroxylation sites is 1. The Hall–Kier alpha value is -2.54. The summed E-state index contributed by atoms with van der Waals surface area (Å²) in [4.78, 5) is 24.3. The first-order chi connectivity index (χ1) is 13.9. The van der Waals surface area contributed by atoms with E-state index in [0.29, 0.717) is 32.8 Å². The van der Waals surface area contributed by atoms with Gasteiger partial charge in [-0.3, -0.25) is 4.79 Å². The molecule has 0 radical (unpaired) electrons. The molecular weight excluding hydrogens is 481 g/mol. The van der Waals surface area contributed by atoms with E-state index in [2.05, 4.69) is 21.2 Å². The van der Waals surface area contributed by atoms with Crippen LogP contribution in [0, 0.1) is 0 Å². The Balaban J connectivity index is 1.56. The predicted octanol–water partition coefficient (Wildman–Crippen LogP) is 5.99. The van der Waals surface area contributed by atoms with Gasteiger partial charge in [-0.25, -0.2) is 4.79 Å². The number of nitrogens with one attached hydrogen (secondary N) is 1. The highest BCUT2D eigenvalue weighted by Gasteiger charge is 2.11. The second-order valence-corrected chi connectivity index (χ2v) is 7.49. The number of halogens is 3. The Morgan fingerprint density at radius 2 is 1.69 bits per heavy atom. The average Bonchev–Trinajstić information content (AvgIpc) is 2.70. The van der Waals surface area contributed by atoms with E-state index in [1.165, 1.54) is 24.3 Å². The summed E-state index contributed by atoms with van der Waals surface area (Å²) in [5.74, 6) is -0.104. The van der Waals surface area contributed by atoms with Gasteiger partial charge in [0.25, 0.3) is 5.91 Å². The molecule has 0 aliphatic carbocycles. The molecule has 0 aliphatic heterocycles. The van der Waals surface area contributed by atoms with Crippen LogP contribution in [0.5, 0.6) is 11.5 Å². The topological polar surface area (TPSA) is 64.6 Å². The van der Waals surface area contributed by atoms with Gasteiger partial charge in [-0.1, -0.05) is 35.3 Å². The van der Waals surface area contributed by atoms with E-state index in [-0.39, 0.29) is 12.5 Å². The van der Waals surface area contributed by atoms with Crippen LogP contribution in [0.15, 0.2) is 71.2 Å². The molecule has 0 fully saturated rings. The Bertz CT molecular complexity index is 1040. The van der Waals surface area contributed by atoms with Crippen molar-refractivity contribution in [2.75, 3.05) is 11.9 Å². The first-order valence-corrected chi connectivity index (χ1v) is 9.92. The van der Waals surface area contributed by atoms with Crippen molar-refractivity contribution in [1.82, 2.24) is 0 Å². The third kappa shape index (κ3) is 5.97. The Morgan fingerprint density at radius 1 is 0.966 bits per heavy atom. The molecule has 0 aliphatic rings. The Kier molecular flexibility index (Phi) is 7.14. The van der Waals surface area contributed by atoms with E-state index < -0.39 is 5.97 Å². The lowest BCUT2D eigenvalue weighted by Crippen LogP contribution is -2.18. The first kappa shape index (κ1) is 21.2. The number of carbonyl (C=O) groups is 2. The lowest BCUT2D eigenvalue weighted by atomic mass is 10.2. The molecule has 3 aromatic carbocycles. The molecule has 3 aromatic rings. The fourth-order valence-corrected chi connectivity index (χ4v) is 3.06. The molecule has 0 spiro atoms. The number of hydrogen-bond donors (Lipinski definition) is 1. The van der Waals surface area contributed by atoms with Crippen LogP contribution in [0.1, 0.15) is 10.4 Å². The predicted molar refractivity (Wildman–Crippen MR) is 116 cm³/mol. The molecule has 29 heavy (non-hydrogen) atoms. The fourth-order valence-electron chi connectivity index (χ4n) is 2.32. The van der Waals surface area contributed by atoms with Crippen LogP contribution in [0.2, 0.25) is 10.0 Å². The number of hydrogen-bond acceptors (Lipinski definition) is 4. The van der Waals surface area contributed by atoms with Crippen molar-refractivity contribution < 1.29 is 19.1 Å². The minimum absolute atomic E-state index is 0.252. The summed E-state index contributed by atoms with van der Waals surface area (Å²) in [6, 6.07) is 18.1. The van der Waals surface area contributed by atoms with E-state index in [1.54, 1.807) is 36.4 Å². The monoisotopic (exact) mass is 493 g/mol. The fraction of sp³-hybridized carbons (Fsp3) is 0.0476. The van der Waals surface area contributed by atoms with Gasteiger partial charge >= 0.3 is 5.97 Å². The molecule has 5 nitrogen and oxygen atoms in total. The summed E-state index contributed by atoms with van der Waals surface area (Å²) < 4.78 is 11.4. The van der Waals surface area contributed by atoms with Gasteiger partial charge in [0.1, 0.15) is 11.5 Å². The molecular formula is C21H14BrCl2NO4. The van der Waals surface area contributed by atoms with Crippen LogP contribution in [-0.2, 0) is 4.79 Å². The molecule has 0 unspecified atom stereocenters. The highest BCUT2D eigenvalue weighted by atomic mass is 79.9. The number of esters is 1. The summed E-state index contributed by atoms with van der Waals surface area (Å²) in [7, 11) is 0. The number of amides is 1. The average molecular weight is 495 g/mol. The van der Waals surface area contributed by atoms with Crippen molar-refractivity contribution >= 4 is 56.7 Å².